The number of nitrogen functional groups attached to an aromatic ring is 1. The molecule has 0 fully saturated rings. The van der Waals surface area contributed by atoms with E-state index in [1.165, 1.54) is 18.5 Å². The van der Waals surface area contributed by atoms with Crippen molar-refractivity contribution >= 4 is 21.7 Å². The van der Waals surface area contributed by atoms with Gasteiger partial charge in [-0.15, -0.1) is 0 Å². The first-order chi connectivity index (χ1) is 8.19. The van der Waals surface area contributed by atoms with Crippen LogP contribution in [0.4, 0.5) is 10.2 Å². The van der Waals surface area contributed by atoms with Crippen molar-refractivity contribution < 1.29 is 9.13 Å². The van der Waals surface area contributed by atoms with Gasteiger partial charge in [-0.25, -0.2) is 15.2 Å². The summed E-state index contributed by atoms with van der Waals surface area (Å²) in [5, 5.41) is 0. The highest BCUT2D eigenvalue weighted by Crippen LogP contribution is 2.27. The average molecular weight is 299 g/mol. The maximum atomic E-state index is 12.9. The molecule has 3 N–H and O–H groups in total. The standard InChI is InChI=1S/C10H8BrFN4O/c11-9-2-8(5-15-10(9)16-13)17-7-1-6(12)3-14-4-7/h1-5H,13H2,(H,15,16). The van der Waals surface area contributed by atoms with E-state index in [0.29, 0.717) is 21.8 Å². The molecule has 5 nitrogen and oxygen atoms in total. The van der Waals surface area contributed by atoms with E-state index in [1.807, 2.05) is 0 Å². The number of nitrogens with one attached hydrogen (secondary N) is 1. The number of rotatable bonds is 3. The number of hydrogen-bond acceptors (Lipinski definition) is 5. The highest BCUT2D eigenvalue weighted by molar-refractivity contribution is 9.10. The largest absolute Gasteiger partial charge is 0.454 e. The number of hydrogen-bond donors (Lipinski definition) is 2. The number of hydrazine groups is 1. The van der Waals surface area contributed by atoms with Crippen LogP contribution in [0.3, 0.4) is 0 Å². The molecule has 0 aliphatic carbocycles. The van der Waals surface area contributed by atoms with Crippen LogP contribution < -0.4 is 16.0 Å². The Bertz CT molecular complexity index is 537. The zero-order chi connectivity index (χ0) is 12.3. The molecular formula is C10H8BrFN4O. The van der Waals surface area contributed by atoms with Gasteiger partial charge in [0.05, 0.1) is 23.1 Å². The Morgan fingerprint density at radius 3 is 2.65 bits per heavy atom. The van der Waals surface area contributed by atoms with Gasteiger partial charge in [-0.1, -0.05) is 0 Å². The SMILES string of the molecule is NNc1ncc(Oc2cncc(F)c2)cc1Br. The van der Waals surface area contributed by atoms with Gasteiger partial charge < -0.3 is 10.2 Å². The molecule has 0 bridgehead atoms. The first-order valence-electron chi connectivity index (χ1n) is 4.59. The van der Waals surface area contributed by atoms with Gasteiger partial charge >= 0.3 is 0 Å². The van der Waals surface area contributed by atoms with E-state index < -0.39 is 5.82 Å². The van der Waals surface area contributed by atoms with E-state index in [1.54, 1.807) is 6.07 Å². The number of aromatic nitrogens is 2. The summed E-state index contributed by atoms with van der Waals surface area (Å²) in [4.78, 5) is 7.67. The summed E-state index contributed by atoms with van der Waals surface area (Å²) in [6.07, 6.45) is 3.97. The molecular weight excluding hydrogens is 291 g/mol. The van der Waals surface area contributed by atoms with Crippen molar-refractivity contribution in [3.63, 3.8) is 0 Å². The molecule has 0 radical (unpaired) electrons. The molecule has 2 aromatic heterocycles. The van der Waals surface area contributed by atoms with Gasteiger partial charge in [0, 0.05) is 12.1 Å². The lowest BCUT2D eigenvalue weighted by atomic mass is 10.4. The fourth-order valence-electron chi connectivity index (χ4n) is 1.17. The number of halogens is 2. The van der Waals surface area contributed by atoms with Gasteiger partial charge in [-0.05, 0) is 15.9 Å². The van der Waals surface area contributed by atoms with E-state index >= 15 is 0 Å². The molecule has 2 aromatic rings. The molecule has 0 saturated carbocycles. The normalized spacial score (nSPS) is 10.1. The minimum absolute atomic E-state index is 0.298. The van der Waals surface area contributed by atoms with E-state index in [-0.39, 0.29) is 0 Å². The van der Waals surface area contributed by atoms with Gasteiger partial charge in [0.2, 0.25) is 0 Å². The highest BCUT2D eigenvalue weighted by Gasteiger charge is 2.04. The Kier molecular flexibility index (Phi) is 3.50. The zero-order valence-electron chi connectivity index (χ0n) is 8.52. The second-order valence-electron chi connectivity index (χ2n) is 3.09. The van der Waals surface area contributed by atoms with Gasteiger partial charge in [0.15, 0.2) is 5.82 Å². The van der Waals surface area contributed by atoms with E-state index in [4.69, 9.17) is 10.6 Å². The summed E-state index contributed by atoms with van der Waals surface area (Å²) in [5.41, 5.74) is 2.41. The third-order valence-corrected chi connectivity index (χ3v) is 2.47. The second-order valence-corrected chi connectivity index (χ2v) is 3.94. The summed E-state index contributed by atoms with van der Waals surface area (Å²) in [6, 6.07) is 2.89. The average Bonchev–Trinajstić information content (AvgIpc) is 2.29. The van der Waals surface area contributed by atoms with Crippen LogP contribution in [0.2, 0.25) is 0 Å². The van der Waals surface area contributed by atoms with E-state index in [0.717, 1.165) is 6.20 Å². The fourth-order valence-corrected chi connectivity index (χ4v) is 1.61. The Hall–Kier alpha value is -1.73. The van der Waals surface area contributed by atoms with Crippen molar-refractivity contribution in [2.75, 3.05) is 5.43 Å². The van der Waals surface area contributed by atoms with Crippen molar-refractivity contribution in [2.24, 2.45) is 5.84 Å². The van der Waals surface area contributed by atoms with Crippen LogP contribution in [-0.2, 0) is 0 Å². The summed E-state index contributed by atoms with van der Waals surface area (Å²) in [6.45, 7) is 0. The highest BCUT2D eigenvalue weighted by atomic mass is 79.9. The topological polar surface area (TPSA) is 73.1 Å². The van der Waals surface area contributed by atoms with Crippen LogP contribution in [-0.4, -0.2) is 9.97 Å². The maximum absolute atomic E-state index is 12.9. The first-order valence-corrected chi connectivity index (χ1v) is 5.39. The number of nitrogens with zero attached hydrogens (tertiary/aromatic N) is 2. The quantitative estimate of drug-likeness (QED) is 0.673. The van der Waals surface area contributed by atoms with Crippen LogP contribution in [0.25, 0.3) is 0 Å². The zero-order valence-corrected chi connectivity index (χ0v) is 10.1. The summed E-state index contributed by atoms with van der Waals surface area (Å²) < 4.78 is 18.9. The molecule has 0 amide bonds. The van der Waals surface area contributed by atoms with Gasteiger partial charge in [-0.2, -0.15) is 0 Å². The van der Waals surface area contributed by atoms with Crippen molar-refractivity contribution in [2.45, 2.75) is 0 Å². The monoisotopic (exact) mass is 298 g/mol. The van der Waals surface area contributed by atoms with Crippen molar-refractivity contribution in [3.8, 4) is 11.5 Å². The molecule has 2 heterocycles. The van der Waals surface area contributed by atoms with Crippen LogP contribution in [0.1, 0.15) is 0 Å². The van der Waals surface area contributed by atoms with Crippen molar-refractivity contribution in [3.05, 3.63) is 41.0 Å². The van der Waals surface area contributed by atoms with Crippen LogP contribution in [0.15, 0.2) is 35.2 Å². The second kappa shape index (κ2) is 5.07. The molecule has 0 unspecified atom stereocenters. The number of anilines is 1. The van der Waals surface area contributed by atoms with Crippen molar-refractivity contribution in [1.29, 1.82) is 0 Å². The third-order valence-electron chi connectivity index (χ3n) is 1.87. The third kappa shape index (κ3) is 2.89. The molecule has 0 aliphatic rings. The Morgan fingerprint density at radius 1 is 1.24 bits per heavy atom. The molecule has 0 atom stereocenters. The summed E-state index contributed by atoms with van der Waals surface area (Å²) >= 11 is 3.26. The molecule has 88 valence electrons. The first kappa shape index (κ1) is 11.7. The number of ether oxygens (including phenoxy) is 1. The van der Waals surface area contributed by atoms with Gasteiger partial charge in [0.25, 0.3) is 0 Å². The van der Waals surface area contributed by atoms with Crippen LogP contribution in [0.5, 0.6) is 11.5 Å². The van der Waals surface area contributed by atoms with Gasteiger partial charge in [0.1, 0.15) is 17.3 Å². The molecule has 2 rings (SSSR count). The molecule has 0 saturated heterocycles. The lowest BCUT2D eigenvalue weighted by Crippen LogP contribution is -2.08. The lowest BCUT2D eigenvalue weighted by molar-refractivity contribution is 0.471. The Morgan fingerprint density at radius 2 is 2.00 bits per heavy atom. The Balaban J connectivity index is 2.22. The van der Waals surface area contributed by atoms with E-state index in [2.05, 4.69) is 31.3 Å². The molecule has 7 heteroatoms. The molecule has 0 aromatic carbocycles. The van der Waals surface area contributed by atoms with E-state index in [9.17, 15) is 4.39 Å². The predicted octanol–water partition coefficient (Wildman–Crippen LogP) is 2.46. The molecule has 17 heavy (non-hydrogen) atoms. The van der Waals surface area contributed by atoms with Crippen LogP contribution >= 0.6 is 15.9 Å². The smallest absolute Gasteiger partial charge is 0.154 e. The molecule has 0 spiro atoms. The van der Waals surface area contributed by atoms with Crippen LogP contribution in [0, 0.1) is 5.82 Å². The minimum atomic E-state index is -0.463. The molecule has 0 aliphatic heterocycles. The maximum Gasteiger partial charge on any atom is 0.154 e. The van der Waals surface area contributed by atoms with Crippen molar-refractivity contribution in [1.82, 2.24) is 9.97 Å². The van der Waals surface area contributed by atoms with Gasteiger partial charge in [-0.3, -0.25) is 4.98 Å². The predicted molar refractivity (Wildman–Crippen MR) is 64.0 cm³/mol. The summed E-state index contributed by atoms with van der Waals surface area (Å²) in [7, 11) is 0. The summed E-state index contributed by atoms with van der Waals surface area (Å²) in [5.74, 6) is 5.99. The lowest BCUT2D eigenvalue weighted by Gasteiger charge is -2.07. The number of nitrogens with two attached hydrogens (primary N) is 1. The Labute approximate surface area is 105 Å². The fraction of sp³-hybridized carbons (Fsp3) is 0. The minimum Gasteiger partial charge on any atom is -0.454 e. The number of pyridine rings is 2.